The number of carbonyl (C=O) groups excluding carboxylic acids is 4. The number of rotatable bonds is 10. The highest BCUT2D eigenvalue weighted by Crippen LogP contribution is 2.17. The molecule has 0 spiro atoms. The fourth-order valence-electron chi connectivity index (χ4n) is 1.59. The lowest BCUT2D eigenvalue weighted by Gasteiger charge is -2.24. The molecule has 2 amide bonds. The maximum absolute atomic E-state index is 11.9. The summed E-state index contributed by atoms with van der Waals surface area (Å²) in [6.07, 6.45) is 0. The van der Waals surface area contributed by atoms with Crippen LogP contribution in [0.15, 0.2) is 0 Å². The van der Waals surface area contributed by atoms with E-state index < -0.39 is 22.8 Å². The molecule has 0 radical (unpaired) electrons. The Morgan fingerprint density at radius 1 is 0.731 bits per heavy atom. The molecule has 0 aliphatic carbocycles. The van der Waals surface area contributed by atoms with Crippen molar-refractivity contribution in [3.63, 3.8) is 0 Å². The molecule has 0 fully saturated rings. The molecule has 150 valence electrons. The minimum atomic E-state index is -1.23. The minimum Gasteiger partial charge on any atom is -0.456 e. The molecular formula is C16H30N4O6. The predicted octanol–water partition coefficient (Wildman–Crippen LogP) is -1.72. The largest absolute Gasteiger partial charge is 0.456 e. The van der Waals surface area contributed by atoms with Gasteiger partial charge in [0, 0.05) is 26.2 Å². The van der Waals surface area contributed by atoms with E-state index in [0.29, 0.717) is 13.1 Å². The number of esters is 2. The lowest BCUT2D eigenvalue weighted by molar-refractivity contribution is -0.172. The molecule has 10 heteroatoms. The van der Waals surface area contributed by atoms with E-state index in [4.69, 9.17) is 20.9 Å². The molecule has 0 aromatic carbocycles. The highest BCUT2D eigenvalue weighted by Gasteiger charge is 2.33. The van der Waals surface area contributed by atoms with Crippen LogP contribution in [0.2, 0.25) is 0 Å². The summed E-state index contributed by atoms with van der Waals surface area (Å²) < 4.78 is 9.68. The molecule has 6 N–H and O–H groups in total. The smallest absolute Gasteiger partial charge is 0.417 e. The Morgan fingerprint density at radius 3 is 1.31 bits per heavy atom. The Morgan fingerprint density at radius 2 is 1.04 bits per heavy atom. The normalized spacial score (nSPS) is 11.5. The van der Waals surface area contributed by atoms with Crippen molar-refractivity contribution < 1.29 is 28.7 Å². The van der Waals surface area contributed by atoms with Crippen molar-refractivity contribution in [2.45, 2.75) is 27.7 Å². The van der Waals surface area contributed by atoms with Gasteiger partial charge in [0.25, 0.3) is 0 Å². The van der Waals surface area contributed by atoms with E-state index in [9.17, 15) is 19.2 Å². The fourth-order valence-corrected chi connectivity index (χ4v) is 1.59. The lowest BCUT2D eigenvalue weighted by atomic mass is 9.93. The molecule has 0 aromatic heterocycles. The topological polar surface area (TPSA) is 163 Å². The average Bonchev–Trinajstić information content (AvgIpc) is 2.59. The Kier molecular flexibility index (Phi) is 9.81. The van der Waals surface area contributed by atoms with Crippen molar-refractivity contribution >= 4 is 23.8 Å². The molecule has 0 aliphatic heterocycles. The van der Waals surface area contributed by atoms with E-state index in [1.165, 1.54) is 0 Å². The van der Waals surface area contributed by atoms with Crippen molar-refractivity contribution in [2.75, 3.05) is 39.4 Å². The van der Waals surface area contributed by atoms with Crippen molar-refractivity contribution in [1.82, 2.24) is 10.6 Å². The molecule has 0 aliphatic rings. The zero-order valence-corrected chi connectivity index (χ0v) is 15.8. The van der Waals surface area contributed by atoms with E-state index in [-0.39, 0.29) is 38.1 Å². The van der Waals surface area contributed by atoms with Gasteiger partial charge in [-0.25, -0.2) is 9.59 Å². The van der Waals surface area contributed by atoms with E-state index in [1.807, 2.05) is 0 Å². The summed E-state index contributed by atoms with van der Waals surface area (Å²) in [5.74, 6) is -3.19. The maximum atomic E-state index is 11.9. The third kappa shape index (κ3) is 8.26. The second-order valence-electron chi connectivity index (χ2n) is 7.01. The van der Waals surface area contributed by atoms with Gasteiger partial charge in [-0.2, -0.15) is 0 Å². The third-order valence-electron chi connectivity index (χ3n) is 3.38. The molecule has 0 aromatic rings. The van der Waals surface area contributed by atoms with Crippen molar-refractivity contribution in [2.24, 2.45) is 22.3 Å². The SMILES string of the molecule is CC(C)(COC(=O)C(=O)OCC(C)(C)C(=O)NCCN)C(=O)NCCN. The molecule has 10 nitrogen and oxygen atoms in total. The highest BCUT2D eigenvalue weighted by atomic mass is 16.6. The first kappa shape index (κ1) is 23.8. The molecule has 26 heavy (non-hydrogen) atoms. The quantitative estimate of drug-likeness (QED) is 0.259. The Hall–Kier alpha value is -2.20. The molecule has 0 saturated heterocycles. The fraction of sp³-hybridized carbons (Fsp3) is 0.750. The molecular weight excluding hydrogens is 344 g/mol. The summed E-state index contributed by atoms with van der Waals surface area (Å²) in [5, 5.41) is 5.15. The van der Waals surface area contributed by atoms with Crippen LogP contribution in [-0.4, -0.2) is 63.1 Å². The Bertz CT molecular complexity index is 473. The monoisotopic (exact) mass is 374 g/mol. The third-order valence-corrected chi connectivity index (χ3v) is 3.38. The number of nitrogens with one attached hydrogen (secondary N) is 2. The number of hydrogen-bond acceptors (Lipinski definition) is 8. The van der Waals surface area contributed by atoms with E-state index in [1.54, 1.807) is 27.7 Å². The molecule has 0 heterocycles. The molecule has 0 rings (SSSR count). The number of nitrogens with two attached hydrogens (primary N) is 2. The molecule has 0 bridgehead atoms. The first-order chi connectivity index (χ1) is 12.0. The number of ether oxygens (including phenoxy) is 2. The number of carbonyl (C=O) groups is 4. The van der Waals surface area contributed by atoms with Gasteiger partial charge in [0.05, 0.1) is 10.8 Å². The van der Waals surface area contributed by atoms with E-state index >= 15 is 0 Å². The van der Waals surface area contributed by atoms with Gasteiger partial charge in [-0.3, -0.25) is 9.59 Å². The van der Waals surface area contributed by atoms with Crippen LogP contribution >= 0.6 is 0 Å². The van der Waals surface area contributed by atoms with Crippen LogP contribution in [0.3, 0.4) is 0 Å². The second kappa shape index (κ2) is 10.7. The highest BCUT2D eigenvalue weighted by molar-refractivity contribution is 6.29. The maximum Gasteiger partial charge on any atom is 0.417 e. The summed E-state index contributed by atoms with van der Waals surface area (Å²) in [6, 6.07) is 0. The van der Waals surface area contributed by atoms with Gasteiger partial charge in [0.1, 0.15) is 13.2 Å². The van der Waals surface area contributed by atoms with Crippen LogP contribution in [0.25, 0.3) is 0 Å². The predicted molar refractivity (Wildman–Crippen MR) is 93.6 cm³/mol. The summed E-state index contributed by atoms with van der Waals surface area (Å²) in [5.41, 5.74) is 8.53. The Labute approximate surface area is 153 Å². The molecule has 0 unspecified atom stereocenters. The van der Waals surface area contributed by atoms with Gasteiger partial charge in [-0.1, -0.05) is 0 Å². The van der Waals surface area contributed by atoms with Crippen molar-refractivity contribution in [3.05, 3.63) is 0 Å². The second-order valence-corrected chi connectivity index (χ2v) is 7.01. The van der Waals surface area contributed by atoms with Crippen LogP contribution < -0.4 is 22.1 Å². The summed E-state index contributed by atoms with van der Waals surface area (Å²) in [7, 11) is 0. The van der Waals surface area contributed by atoms with Crippen molar-refractivity contribution in [3.8, 4) is 0 Å². The standard InChI is InChI=1S/C16H30N4O6/c1-15(2,13(23)19-7-5-17)9-25-11(21)12(22)26-10-16(3,4)14(24)20-8-6-18/h5-10,17-18H2,1-4H3,(H,19,23)(H,20,24). The number of amides is 2. The minimum absolute atomic E-state index is 0.280. The van der Waals surface area contributed by atoms with Gasteiger partial charge < -0.3 is 31.6 Å². The first-order valence-corrected chi connectivity index (χ1v) is 8.28. The first-order valence-electron chi connectivity index (χ1n) is 8.28. The van der Waals surface area contributed by atoms with Crippen LogP contribution in [0, 0.1) is 10.8 Å². The lowest BCUT2D eigenvalue weighted by Crippen LogP contribution is -2.43. The average molecular weight is 374 g/mol. The van der Waals surface area contributed by atoms with Gasteiger partial charge in [-0.05, 0) is 27.7 Å². The van der Waals surface area contributed by atoms with Gasteiger partial charge >= 0.3 is 11.9 Å². The van der Waals surface area contributed by atoms with Crippen LogP contribution in [0.1, 0.15) is 27.7 Å². The zero-order valence-electron chi connectivity index (χ0n) is 15.8. The van der Waals surface area contributed by atoms with Gasteiger partial charge in [0.15, 0.2) is 0 Å². The molecule has 0 saturated carbocycles. The van der Waals surface area contributed by atoms with Crippen LogP contribution in [0.4, 0.5) is 0 Å². The number of hydrogen-bond donors (Lipinski definition) is 4. The Balaban J connectivity index is 4.45. The zero-order chi connectivity index (χ0) is 20.4. The van der Waals surface area contributed by atoms with E-state index in [2.05, 4.69) is 10.6 Å². The van der Waals surface area contributed by atoms with Crippen LogP contribution in [0.5, 0.6) is 0 Å². The summed E-state index contributed by atoms with van der Waals surface area (Å²) in [4.78, 5) is 47.2. The summed E-state index contributed by atoms with van der Waals surface area (Å²) >= 11 is 0. The summed E-state index contributed by atoms with van der Waals surface area (Å²) in [6.45, 7) is 6.76. The van der Waals surface area contributed by atoms with Gasteiger partial charge in [-0.15, -0.1) is 0 Å². The van der Waals surface area contributed by atoms with Crippen LogP contribution in [-0.2, 0) is 28.7 Å². The molecule has 0 atom stereocenters. The van der Waals surface area contributed by atoms with E-state index in [0.717, 1.165) is 0 Å². The van der Waals surface area contributed by atoms with Gasteiger partial charge in [0.2, 0.25) is 11.8 Å². The van der Waals surface area contributed by atoms with Crippen molar-refractivity contribution in [1.29, 1.82) is 0 Å².